The van der Waals surface area contributed by atoms with E-state index in [2.05, 4.69) is 9.97 Å². The third-order valence-corrected chi connectivity index (χ3v) is 8.59. The van der Waals surface area contributed by atoms with Gasteiger partial charge in [0.15, 0.2) is 5.13 Å². The number of nitrogens with zero attached hydrogens (tertiary/aromatic N) is 4. The topological polar surface area (TPSA) is 83.5 Å². The molecule has 4 aromatic rings. The lowest BCUT2D eigenvalue weighted by atomic mass is 10.2. The first-order valence-corrected chi connectivity index (χ1v) is 14.6. The molecule has 0 fully saturated rings. The molecule has 0 saturated heterocycles. The molecule has 2 aromatic heterocycles. The molecule has 2 heterocycles. The first-order chi connectivity index (χ1) is 17.6. The summed E-state index contributed by atoms with van der Waals surface area (Å²) in [4.78, 5) is 24.6. The van der Waals surface area contributed by atoms with Crippen molar-refractivity contribution < 1.29 is 13.2 Å². The van der Waals surface area contributed by atoms with Crippen LogP contribution in [0.4, 0.5) is 5.13 Å². The van der Waals surface area contributed by atoms with Gasteiger partial charge >= 0.3 is 0 Å². The second kappa shape index (κ2) is 11.5. The molecule has 9 heteroatoms. The minimum Gasteiger partial charge on any atom is -0.278 e. The summed E-state index contributed by atoms with van der Waals surface area (Å²) in [6.07, 6.45) is 1.69. The zero-order chi connectivity index (χ0) is 26.6. The number of carbonyl (C=O) groups excluding carboxylic acids is 1. The Labute approximate surface area is 222 Å². The molecule has 1 amide bonds. The van der Waals surface area contributed by atoms with Crippen LogP contribution >= 0.6 is 11.3 Å². The Morgan fingerprint density at radius 1 is 0.892 bits per heavy atom. The number of hydrogen-bond donors (Lipinski definition) is 0. The maximum Gasteiger partial charge on any atom is 0.260 e. The van der Waals surface area contributed by atoms with E-state index < -0.39 is 10.0 Å². The first-order valence-electron chi connectivity index (χ1n) is 12.3. The van der Waals surface area contributed by atoms with Crippen LogP contribution in [0.3, 0.4) is 0 Å². The first kappa shape index (κ1) is 26.9. The Balaban J connectivity index is 1.65. The van der Waals surface area contributed by atoms with Crippen molar-refractivity contribution in [3.63, 3.8) is 0 Å². The zero-order valence-electron chi connectivity index (χ0n) is 21.5. The van der Waals surface area contributed by atoms with E-state index in [1.54, 1.807) is 23.2 Å². The maximum atomic E-state index is 13.7. The zero-order valence-corrected chi connectivity index (χ0v) is 23.2. The van der Waals surface area contributed by atoms with E-state index in [9.17, 15) is 13.2 Å². The summed E-state index contributed by atoms with van der Waals surface area (Å²) in [5.74, 6) is 0.126. The molecular weight excluding hydrogens is 504 g/mol. The maximum absolute atomic E-state index is 13.7. The van der Waals surface area contributed by atoms with E-state index in [-0.39, 0.29) is 29.2 Å². The molecule has 0 radical (unpaired) electrons. The second-order valence-electron chi connectivity index (χ2n) is 9.81. The molecule has 0 bridgehead atoms. The van der Waals surface area contributed by atoms with Gasteiger partial charge in [-0.2, -0.15) is 4.31 Å². The molecule has 2 aromatic carbocycles. The molecule has 37 heavy (non-hydrogen) atoms. The number of aromatic nitrogens is 2. The summed E-state index contributed by atoms with van der Waals surface area (Å²) in [6, 6.07) is 19.5. The lowest BCUT2D eigenvalue weighted by Crippen LogP contribution is -2.37. The fraction of sp³-hybridized carbons (Fsp3) is 0.321. The van der Waals surface area contributed by atoms with Crippen LogP contribution in [0.25, 0.3) is 10.2 Å². The Morgan fingerprint density at radius 3 is 2.14 bits per heavy atom. The number of hydrogen-bond acceptors (Lipinski definition) is 6. The average molecular weight is 537 g/mol. The Hall–Kier alpha value is -3.14. The number of amides is 1. The van der Waals surface area contributed by atoms with E-state index in [0.29, 0.717) is 23.8 Å². The number of thiazole rings is 1. The molecule has 0 spiro atoms. The summed E-state index contributed by atoms with van der Waals surface area (Å²) in [5, 5.41) is 0.564. The number of carbonyl (C=O) groups is 1. The SMILES string of the molecule is CC(C)CN(CC(C)C)S(=O)(=O)c1ccc(C(=O)N(Cc2ccccn2)c2nc3ccccc3s2)cc1. The van der Waals surface area contributed by atoms with E-state index in [1.165, 1.54) is 27.8 Å². The molecular formula is C28H32N4O3S2. The number of anilines is 1. The molecule has 0 unspecified atom stereocenters. The molecule has 7 nitrogen and oxygen atoms in total. The highest BCUT2D eigenvalue weighted by Gasteiger charge is 2.27. The van der Waals surface area contributed by atoms with Crippen LogP contribution in [0, 0.1) is 11.8 Å². The summed E-state index contributed by atoms with van der Waals surface area (Å²) in [6.45, 7) is 9.14. The van der Waals surface area contributed by atoms with Gasteiger partial charge in [-0.1, -0.05) is 57.2 Å². The van der Waals surface area contributed by atoms with Gasteiger partial charge in [-0.3, -0.25) is 14.7 Å². The fourth-order valence-corrected chi connectivity index (χ4v) is 6.75. The third kappa shape index (κ3) is 6.41. The monoisotopic (exact) mass is 536 g/mol. The lowest BCUT2D eigenvalue weighted by Gasteiger charge is -2.26. The fourth-order valence-electron chi connectivity index (χ4n) is 4.02. The minimum absolute atomic E-state index is 0.182. The van der Waals surface area contributed by atoms with Gasteiger partial charge in [0.1, 0.15) is 0 Å². The number of pyridine rings is 1. The third-order valence-electron chi connectivity index (χ3n) is 5.68. The largest absolute Gasteiger partial charge is 0.278 e. The van der Waals surface area contributed by atoms with Gasteiger partial charge in [0.05, 0.1) is 27.4 Å². The van der Waals surface area contributed by atoms with Crippen molar-refractivity contribution >= 4 is 42.6 Å². The Bertz CT molecular complexity index is 1410. The van der Waals surface area contributed by atoms with Gasteiger partial charge in [0.25, 0.3) is 5.91 Å². The quantitative estimate of drug-likeness (QED) is 0.254. The van der Waals surface area contributed by atoms with Crippen molar-refractivity contribution in [3.05, 3.63) is 84.2 Å². The van der Waals surface area contributed by atoms with Gasteiger partial charge in [-0.15, -0.1) is 0 Å². The highest BCUT2D eigenvalue weighted by molar-refractivity contribution is 7.89. The minimum atomic E-state index is -3.68. The van der Waals surface area contributed by atoms with E-state index in [0.717, 1.165) is 15.9 Å². The second-order valence-corrected chi connectivity index (χ2v) is 12.8. The summed E-state index contributed by atoms with van der Waals surface area (Å²) >= 11 is 1.43. The van der Waals surface area contributed by atoms with Crippen LogP contribution in [-0.4, -0.2) is 41.7 Å². The predicted octanol–water partition coefficient (Wildman–Crippen LogP) is 5.84. The Morgan fingerprint density at radius 2 is 1.54 bits per heavy atom. The van der Waals surface area contributed by atoms with Crippen molar-refractivity contribution in [2.24, 2.45) is 11.8 Å². The average Bonchev–Trinajstić information content (AvgIpc) is 3.31. The van der Waals surface area contributed by atoms with Gasteiger partial charge < -0.3 is 0 Å². The van der Waals surface area contributed by atoms with Crippen molar-refractivity contribution in [2.45, 2.75) is 39.1 Å². The van der Waals surface area contributed by atoms with Crippen molar-refractivity contribution in [1.29, 1.82) is 0 Å². The van der Waals surface area contributed by atoms with Gasteiger partial charge in [-0.25, -0.2) is 13.4 Å². The summed E-state index contributed by atoms with van der Waals surface area (Å²) in [5.41, 5.74) is 1.93. The normalized spacial score (nSPS) is 12.1. The lowest BCUT2D eigenvalue weighted by molar-refractivity contribution is 0.0984. The Kier molecular flexibility index (Phi) is 8.36. The van der Waals surface area contributed by atoms with Crippen LogP contribution in [0.2, 0.25) is 0 Å². The molecule has 0 aliphatic heterocycles. The van der Waals surface area contributed by atoms with Crippen LogP contribution in [0.5, 0.6) is 0 Å². The number of para-hydroxylation sites is 1. The molecule has 0 aliphatic rings. The highest BCUT2D eigenvalue weighted by Crippen LogP contribution is 2.31. The molecule has 0 atom stereocenters. The van der Waals surface area contributed by atoms with Gasteiger partial charge in [0, 0.05) is 24.8 Å². The standard InChI is InChI=1S/C28H32N4O3S2/c1-20(2)17-31(18-21(3)4)37(34,35)24-14-12-22(13-15-24)27(33)32(19-23-9-7-8-16-29-23)28-30-25-10-5-6-11-26(25)36-28/h5-16,20-21H,17-19H2,1-4H3. The van der Waals surface area contributed by atoms with Crippen LogP contribution < -0.4 is 4.90 Å². The highest BCUT2D eigenvalue weighted by atomic mass is 32.2. The smallest absolute Gasteiger partial charge is 0.260 e. The van der Waals surface area contributed by atoms with Crippen LogP contribution in [-0.2, 0) is 16.6 Å². The van der Waals surface area contributed by atoms with Crippen molar-refractivity contribution in [2.75, 3.05) is 18.0 Å². The van der Waals surface area contributed by atoms with E-state index in [1.807, 2.05) is 70.2 Å². The van der Waals surface area contributed by atoms with E-state index in [4.69, 9.17) is 0 Å². The summed E-state index contributed by atoms with van der Waals surface area (Å²) in [7, 11) is -3.68. The van der Waals surface area contributed by atoms with Crippen molar-refractivity contribution in [1.82, 2.24) is 14.3 Å². The summed E-state index contributed by atoms with van der Waals surface area (Å²) < 4.78 is 29.3. The van der Waals surface area contributed by atoms with Gasteiger partial charge in [0.2, 0.25) is 10.0 Å². The van der Waals surface area contributed by atoms with E-state index >= 15 is 0 Å². The van der Waals surface area contributed by atoms with Crippen molar-refractivity contribution in [3.8, 4) is 0 Å². The predicted molar refractivity (Wildman–Crippen MR) is 149 cm³/mol. The number of fused-ring (bicyclic) bond motifs is 1. The molecule has 194 valence electrons. The number of rotatable bonds is 10. The number of benzene rings is 2. The number of sulfonamides is 1. The molecule has 0 N–H and O–H groups in total. The molecule has 4 rings (SSSR count). The van der Waals surface area contributed by atoms with Crippen LogP contribution in [0.15, 0.2) is 77.8 Å². The van der Waals surface area contributed by atoms with Gasteiger partial charge in [-0.05, 0) is 60.4 Å². The molecule has 0 aliphatic carbocycles. The molecule has 0 saturated carbocycles. The van der Waals surface area contributed by atoms with Crippen LogP contribution in [0.1, 0.15) is 43.7 Å².